The molecular formula is C11H12O4. The Labute approximate surface area is 87.2 Å². The van der Waals surface area contributed by atoms with E-state index in [-0.39, 0.29) is 12.0 Å². The Bertz CT molecular complexity index is 371. The second kappa shape index (κ2) is 4.23. The lowest BCUT2D eigenvalue weighted by atomic mass is 9.88. The number of aliphatic hydroxyl groups is 1. The summed E-state index contributed by atoms with van der Waals surface area (Å²) in [6.07, 6.45) is -0.0301. The van der Waals surface area contributed by atoms with Crippen molar-refractivity contribution >= 4 is 11.8 Å². The lowest BCUT2D eigenvalue weighted by Crippen LogP contribution is -2.43. The molecular weight excluding hydrogens is 196 g/mol. The largest absolute Gasteiger partial charge is 0.479 e. The Morgan fingerprint density at radius 1 is 1.27 bits per heavy atom. The topological polar surface area (TPSA) is 74.6 Å². The normalized spacial score (nSPS) is 14.3. The van der Waals surface area contributed by atoms with Crippen molar-refractivity contribution in [3.63, 3.8) is 0 Å². The highest BCUT2D eigenvalue weighted by atomic mass is 16.4. The SMILES string of the molecule is CCC(=O)[C@@](O)(C(=O)O)c1ccccc1. The third-order valence-electron chi connectivity index (χ3n) is 2.23. The van der Waals surface area contributed by atoms with Crippen molar-refractivity contribution in [1.29, 1.82) is 0 Å². The van der Waals surface area contributed by atoms with Crippen LogP contribution in [0.3, 0.4) is 0 Å². The summed E-state index contributed by atoms with van der Waals surface area (Å²) < 4.78 is 0. The van der Waals surface area contributed by atoms with Gasteiger partial charge < -0.3 is 10.2 Å². The minimum Gasteiger partial charge on any atom is -0.479 e. The molecule has 1 aromatic rings. The van der Waals surface area contributed by atoms with Crippen LogP contribution < -0.4 is 0 Å². The number of aliphatic carboxylic acids is 1. The standard InChI is InChI=1S/C11H12O4/c1-2-9(12)11(15,10(13)14)8-6-4-3-5-7-8/h3-7,15H,2H2,1H3,(H,13,14)/t11-/m1/s1. The van der Waals surface area contributed by atoms with E-state index in [1.54, 1.807) is 18.2 Å². The van der Waals surface area contributed by atoms with E-state index in [1.807, 2.05) is 0 Å². The van der Waals surface area contributed by atoms with E-state index in [1.165, 1.54) is 19.1 Å². The minimum absolute atomic E-state index is 0.0301. The van der Waals surface area contributed by atoms with Gasteiger partial charge in [0.15, 0.2) is 5.78 Å². The minimum atomic E-state index is -2.42. The average Bonchev–Trinajstić information content (AvgIpc) is 2.27. The molecule has 0 aliphatic rings. The molecule has 0 fully saturated rings. The van der Waals surface area contributed by atoms with Crippen LogP contribution in [0.5, 0.6) is 0 Å². The van der Waals surface area contributed by atoms with Crippen LogP contribution in [0.4, 0.5) is 0 Å². The first-order chi connectivity index (χ1) is 7.03. The molecule has 0 saturated carbocycles. The van der Waals surface area contributed by atoms with Gasteiger partial charge in [0.25, 0.3) is 0 Å². The van der Waals surface area contributed by atoms with Gasteiger partial charge in [0.05, 0.1) is 0 Å². The molecule has 0 bridgehead atoms. The molecule has 0 amide bonds. The van der Waals surface area contributed by atoms with Gasteiger partial charge in [-0.25, -0.2) is 4.79 Å². The first-order valence-corrected chi connectivity index (χ1v) is 4.58. The van der Waals surface area contributed by atoms with Crippen molar-refractivity contribution in [1.82, 2.24) is 0 Å². The smallest absolute Gasteiger partial charge is 0.348 e. The quantitative estimate of drug-likeness (QED) is 0.722. The maximum atomic E-state index is 11.4. The van der Waals surface area contributed by atoms with Crippen LogP contribution >= 0.6 is 0 Å². The molecule has 0 spiro atoms. The van der Waals surface area contributed by atoms with E-state index >= 15 is 0 Å². The van der Waals surface area contributed by atoms with E-state index in [0.29, 0.717) is 0 Å². The molecule has 0 unspecified atom stereocenters. The predicted molar refractivity (Wildman–Crippen MR) is 53.3 cm³/mol. The molecule has 1 aromatic carbocycles. The van der Waals surface area contributed by atoms with Gasteiger partial charge in [0.1, 0.15) is 0 Å². The summed E-state index contributed by atoms with van der Waals surface area (Å²) in [5.41, 5.74) is -2.33. The van der Waals surface area contributed by atoms with E-state index in [2.05, 4.69) is 0 Å². The highest BCUT2D eigenvalue weighted by Gasteiger charge is 2.44. The van der Waals surface area contributed by atoms with Crippen molar-refractivity contribution in [2.75, 3.05) is 0 Å². The van der Waals surface area contributed by atoms with E-state index < -0.39 is 17.4 Å². The third kappa shape index (κ3) is 1.89. The molecule has 0 aliphatic carbocycles. The summed E-state index contributed by atoms with van der Waals surface area (Å²) in [5.74, 6) is -2.26. The van der Waals surface area contributed by atoms with Gasteiger partial charge in [0.2, 0.25) is 5.60 Å². The van der Waals surface area contributed by atoms with Crippen molar-refractivity contribution in [2.24, 2.45) is 0 Å². The number of carbonyl (C=O) groups excluding carboxylic acids is 1. The van der Waals surface area contributed by atoms with Crippen molar-refractivity contribution < 1.29 is 19.8 Å². The van der Waals surface area contributed by atoms with Crippen molar-refractivity contribution in [3.05, 3.63) is 35.9 Å². The van der Waals surface area contributed by atoms with E-state index in [9.17, 15) is 14.7 Å². The van der Waals surface area contributed by atoms with Crippen LogP contribution in [-0.2, 0) is 15.2 Å². The Balaban J connectivity index is 3.25. The van der Waals surface area contributed by atoms with Gasteiger partial charge >= 0.3 is 5.97 Å². The van der Waals surface area contributed by atoms with Crippen molar-refractivity contribution in [2.45, 2.75) is 18.9 Å². The third-order valence-corrected chi connectivity index (χ3v) is 2.23. The second-order valence-corrected chi connectivity index (χ2v) is 3.16. The van der Waals surface area contributed by atoms with E-state index in [0.717, 1.165) is 0 Å². The Hall–Kier alpha value is -1.68. The Kier molecular flexibility index (Phi) is 3.21. The fourth-order valence-electron chi connectivity index (χ4n) is 1.34. The molecule has 0 aliphatic heterocycles. The number of carboxylic acid groups (broad SMARTS) is 1. The molecule has 2 N–H and O–H groups in total. The predicted octanol–water partition coefficient (Wildman–Crippen LogP) is 0.938. The summed E-state index contributed by atoms with van der Waals surface area (Å²) in [5, 5.41) is 18.8. The highest BCUT2D eigenvalue weighted by Crippen LogP contribution is 2.23. The Morgan fingerprint density at radius 3 is 2.20 bits per heavy atom. The first kappa shape index (κ1) is 11.4. The number of hydrogen-bond donors (Lipinski definition) is 2. The zero-order chi connectivity index (χ0) is 11.5. The van der Waals surface area contributed by atoms with E-state index in [4.69, 9.17) is 5.11 Å². The summed E-state index contributed by atoms with van der Waals surface area (Å²) >= 11 is 0. The maximum absolute atomic E-state index is 11.4. The number of carbonyl (C=O) groups is 2. The zero-order valence-electron chi connectivity index (χ0n) is 8.30. The lowest BCUT2D eigenvalue weighted by molar-refractivity contribution is -0.166. The lowest BCUT2D eigenvalue weighted by Gasteiger charge is -2.21. The molecule has 0 radical (unpaired) electrons. The zero-order valence-corrected chi connectivity index (χ0v) is 8.30. The molecule has 4 nitrogen and oxygen atoms in total. The molecule has 80 valence electrons. The number of benzene rings is 1. The first-order valence-electron chi connectivity index (χ1n) is 4.58. The average molecular weight is 208 g/mol. The van der Waals surface area contributed by atoms with Crippen LogP contribution in [0.1, 0.15) is 18.9 Å². The number of rotatable bonds is 4. The molecule has 0 aromatic heterocycles. The van der Waals surface area contributed by atoms with Gasteiger partial charge in [-0.1, -0.05) is 37.3 Å². The Morgan fingerprint density at radius 2 is 1.80 bits per heavy atom. The van der Waals surface area contributed by atoms with Gasteiger partial charge in [-0.05, 0) is 0 Å². The monoisotopic (exact) mass is 208 g/mol. The summed E-state index contributed by atoms with van der Waals surface area (Å²) in [7, 11) is 0. The van der Waals surface area contributed by atoms with Gasteiger partial charge in [0, 0.05) is 12.0 Å². The molecule has 0 saturated heterocycles. The van der Waals surface area contributed by atoms with Gasteiger partial charge in [-0.2, -0.15) is 0 Å². The van der Waals surface area contributed by atoms with Gasteiger partial charge in [-0.15, -0.1) is 0 Å². The fourth-order valence-corrected chi connectivity index (χ4v) is 1.34. The molecule has 1 rings (SSSR count). The van der Waals surface area contributed by atoms with Crippen LogP contribution in [0, 0.1) is 0 Å². The van der Waals surface area contributed by atoms with Crippen LogP contribution in [0.25, 0.3) is 0 Å². The molecule has 1 atom stereocenters. The fraction of sp³-hybridized carbons (Fsp3) is 0.273. The number of carboxylic acids is 1. The molecule has 0 heterocycles. The highest BCUT2D eigenvalue weighted by molar-refractivity contribution is 6.06. The summed E-state index contributed by atoms with van der Waals surface area (Å²) in [6, 6.07) is 7.67. The second-order valence-electron chi connectivity index (χ2n) is 3.16. The van der Waals surface area contributed by atoms with Crippen LogP contribution in [0.2, 0.25) is 0 Å². The number of ketones is 1. The summed E-state index contributed by atoms with van der Waals surface area (Å²) in [6.45, 7) is 1.51. The van der Waals surface area contributed by atoms with Gasteiger partial charge in [-0.3, -0.25) is 4.79 Å². The summed E-state index contributed by atoms with van der Waals surface area (Å²) in [4.78, 5) is 22.4. The van der Waals surface area contributed by atoms with Crippen LogP contribution in [-0.4, -0.2) is 22.0 Å². The van der Waals surface area contributed by atoms with Crippen molar-refractivity contribution in [3.8, 4) is 0 Å². The maximum Gasteiger partial charge on any atom is 0.348 e. The molecule has 4 heteroatoms. The number of hydrogen-bond acceptors (Lipinski definition) is 3. The molecule has 15 heavy (non-hydrogen) atoms. The van der Waals surface area contributed by atoms with Crippen LogP contribution in [0.15, 0.2) is 30.3 Å². The number of Topliss-reactive ketones (excluding diaryl/α,β-unsaturated/α-hetero) is 1.